The molecule has 0 bridgehead atoms. The number of carbonyl (C=O) groups is 1. The van der Waals surface area contributed by atoms with Gasteiger partial charge in [0, 0.05) is 6.20 Å². The van der Waals surface area contributed by atoms with E-state index in [1.807, 2.05) is 6.20 Å². The van der Waals surface area contributed by atoms with Crippen molar-refractivity contribution in [2.75, 3.05) is 0 Å². The van der Waals surface area contributed by atoms with Crippen molar-refractivity contribution in [2.45, 2.75) is 26.2 Å². The minimum absolute atomic E-state index is 0.303. The maximum atomic E-state index is 10.2. The molecule has 1 aromatic heterocycles. The Hall–Kier alpha value is -0.973. The van der Waals surface area contributed by atoms with Crippen LogP contribution >= 0.6 is 0 Å². The van der Waals surface area contributed by atoms with Crippen LogP contribution in [0, 0.1) is 0 Å². The number of carbonyl (C=O) groups excluding carboxylic acids is 1. The van der Waals surface area contributed by atoms with E-state index in [1.54, 1.807) is 4.68 Å². The van der Waals surface area contributed by atoms with Gasteiger partial charge < -0.3 is 4.79 Å². The van der Waals surface area contributed by atoms with Gasteiger partial charge in [-0.1, -0.05) is 24.9 Å². The van der Waals surface area contributed by atoms with Crippen LogP contribution in [0.3, 0.4) is 0 Å². The van der Waals surface area contributed by atoms with E-state index in [9.17, 15) is 4.79 Å². The summed E-state index contributed by atoms with van der Waals surface area (Å²) in [4.78, 5) is 10.2. The van der Waals surface area contributed by atoms with E-state index < -0.39 is 8.07 Å². The van der Waals surface area contributed by atoms with E-state index in [1.165, 1.54) is 0 Å². The molecule has 0 aliphatic carbocycles. The van der Waals surface area contributed by atoms with Gasteiger partial charge in [-0.15, -0.1) is 5.10 Å². The van der Waals surface area contributed by atoms with Crippen LogP contribution in [0.4, 0.5) is 0 Å². The van der Waals surface area contributed by atoms with Crippen LogP contribution in [0.1, 0.15) is 0 Å². The van der Waals surface area contributed by atoms with Crippen LogP contribution in [0.15, 0.2) is 6.20 Å². The first-order valence-corrected chi connectivity index (χ1v) is 7.38. The Morgan fingerprint density at radius 1 is 1.58 bits per heavy atom. The van der Waals surface area contributed by atoms with Crippen molar-refractivity contribution >= 4 is 19.7 Å². The van der Waals surface area contributed by atoms with Crippen LogP contribution in [0.25, 0.3) is 0 Å². The fourth-order valence-corrected chi connectivity index (χ4v) is 1.69. The molecule has 0 fully saturated rings. The third-order valence-electron chi connectivity index (χ3n) is 1.57. The molecule has 0 aromatic carbocycles. The predicted molar refractivity (Wildman–Crippen MR) is 49.1 cm³/mol. The quantitative estimate of drug-likeness (QED) is 0.490. The molecule has 0 atom stereocenters. The van der Waals surface area contributed by atoms with E-state index in [0.717, 1.165) is 11.6 Å². The summed E-state index contributed by atoms with van der Waals surface area (Å²) in [7, 11) is -1.35. The lowest BCUT2D eigenvalue weighted by molar-refractivity contribution is -0.108. The van der Waals surface area contributed by atoms with Crippen molar-refractivity contribution < 1.29 is 4.79 Å². The highest BCUT2D eigenvalue weighted by Crippen LogP contribution is 1.98. The lowest BCUT2D eigenvalue weighted by Gasteiger charge is -2.09. The first-order valence-electron chi connectivity index (χ1n) is 3.88. The molecule has 1 aromatic rings. The molecule has 0 radical (unpaired) electrons. The first-order chi connectivity index (χ1) is 5.54. The highest BCUT2D eigenvalue weighted by atomic mass is 28.3. The van der Waals surface area contributed by atoms with E-state index in [4.69, 9.17) is 0 Å². The predicted octanol–water partition coefficient (Wildman–Crippen LogP) is 0.0222. The Bertz CT molecular complexity index is 276. The summed E-state index contributed by atoms with van der Waals surface area (Å²) < 4.78 is 1.57. The molecule has 0 saturated carbocycles. The topological polar surface area (TPSA) is 47.8 Å². The first kappa shape index (κ1) is 9.12. The highest BCUT2D eigenvalue weighted by molar-refractivity contribution is 6.88. The molecular formula is C7H13N3OSi. The number of aldehydes is 1. The molecular weight excluding hydrogens is 170 g/mol. The minimum atomic E-state index is -1.35. The van der Waals surface area contributed by atoms with Crippen LogP contribution in [-0.2, 0) is 11.3 Å². The van der Waals surface area contributed by atoms with Gasteiger partial charge in [0.25, 0.3) is 0 Å². The average molecular weight is 183 g/mol. The van der Waals surface area contributed by atoms with E-state index in [0.29, 0.717) is 6.54 Å². The van der Waals surface area contributed by atoms with Gasteiger partial charge in [0.15, 0.2) is 0 Å². The van der Waals surface area contributed by atoms with Crippen LogP contribution < -0.4 is 5.32 Å². The molecule has 0 aliphatic heterocycles. The second-order valence-corrected chi connectivity index (χ2v) is 8.75. The molecule has 4 nitrogen and oxygen atoms in total. The number of aromatic nitrogens is 3. The monoisotopic (exact) mass is 183 g/mol. The summed E-state index contributed by atoms with van der Waals surface area (Å²) in [5.41, 5.74) is 0. The maximum absolute atomic E-state index is 10.2. The second-order valence-electron chi connectivity index (χ2n) is 3.74. The lowest BCUT2D eigenvalue weighted by Crippen LogP contribution is -2.38. The van der Waals surface area contributed by atoms with Crippen LogP contribution in [-0.4, -0.2) is 29.4 Å². The standard InChI is InChI=1S/C7H13N3OSi/c1-12(2,3)7-6-10(4-5-11)9-8-7/h5-6H,4H2,1-3H3. The van der Waals surface area contributed by atoms with Crippen LogP contribution in [0.2, 0.25) is 19.6 Å². The third kappa shape index (κ3) is 2.01. The van der Waals surface area contributed by atoms with Crippen molar-refractivity contribution in [3.05, 3.63) is 6.20 Å². The average Bonchev–Trinajstić information content (AvgIpc) is 2.35. The van der Waals surface area contributed by atoms with Gasteiger partial charge in [0.2, 0.25) is 0 Å². The van der Waals surface area contributed by atoms with Gasteiger partial charge in [-0.3, -0.25) is 0 Å². The van der Waals surface area contributed by atoms with E-state index in [2.05, 4.69) is 30.0 Å². The SMILES string of the molecule is C[Si](C)(C)c1cn(CC=O)nn1. The third-order valence-corrected chi connectivity index (χ3v) is 3.33. The number of rotatable bonds is 3. The summed E-state index contributed by atoms with van der Waals surface area (Å²) in [6.07, 6.45) is 2.68. The normalized spacial score (nSPS) is 11.6. The molecule has 12 heavy (non-hydrogen) atoms. The Balaban J connectivity index is 2.84. The molecule has 66 valence electrons. The van der Waals surface area contributed by atoms with Gasteiger partial charge in [-0.25, -0.2) is 4.68 Å². The molecule has 0 saturated heterocycles. The smallest absolute Gasteiger partial charge is 0.141 e. The van der Waals surface area contributed by atoms with Gasteiger partial charge in [0.1, 0.15) is 14.4 Å². The van der Waals surface area contributed by atoms with Gasteiger partial charge in [0.05, 0.1) is 11.9 Å². The van der Waals surface area contributed by atoms with Crippen molar-refractivity contribution in [1.82, 2.24) is 15.0 Å². The van der Waals surface area contributed by atoms with Crippen molar-refractivity contribution in [3.8, 4) is 0 Å². The molecule has 5 heteroatoms. The largest absolute Gasteiger partial charge is 0.301 e. The summed E-state index contributed by atoms with van der Waals surface area (Å²) >= 11 is 0. The number of nitrogens with zero attached hydrogens (tertiary/aromatic N) is 3. The minimum Gasteiger partial charge on any atom is -0.301 e. The fraction of sp³-hybridized carbons (Fsp3) is 0.571. The molecule has 1 heterocycles. The van der Waals surface area contributed by atoms with Crippen molar-refractivity contribution in [2.24, 2.45) is 0 Å². The molecule has 0 aliphatic rings. The van der Waals surface area contributed by atoms with Crippen molar-refractivity contribution in [3.63, 3.8) is 0 Å². The Morgan fingerprint density at radius 2 is 2.25 bits per heavy atom. The van der Waals surface area contributed by atoms with Crippen molar-refractivity contribution in [1.29, 1.82) is 0 Å². The summed E-state index contributed by atoms with van der Waals surface area (Å²) in [5.74, 6) is 0. The Morgan fingerprint density at radius 3 is 2.67 bits per heavy atom. The Labute approximate surface area is 72.6 Å². The Kier molecular flexibility index (Phi) is 2.42. The zero-order chi connectivity index (χ0) is 9.19. The number of hydrogen-bond acceptors (Lipinski definition) is 3. The van der Waals surface area contributed by atoms with E-state index in [-0.39, 0.29) is 0 Å². The molecule has 0 N–H and O–H groups in total. The van der Waals surface area contributed by atoms with Gasteiger partial charge >= 0.3 is 0 Å². The van der Waals surface area contributed by atoms with Crippen LogP contribution in [0.5, 0.6) is 0 Å². The lowest BCUT2D eigenvalue weighted by atomic mass is 10.7. The summed E-state index contributed by atoms with van der Waals surface area (Å²) in [5, 5.41) is 8.91. The molecule has 0 unspecified atom stereocenters. The summed E-state index contributed by atoms with van der Waals surface area (Å²) in [6, 6.07) is 0. The van der Waals surface area contributed by atoms with E-state index >= 15 is 0 Å². The zero-order valence-corrected chi connectivity index (χ0v) is 8.61. The molecule has 0 amide bonds. The summed E-state index contributed by atoms with van der Waals surface area (Å²) in [6.45, 7) is 6.89. The molecule has 0 spiro atoms. The highest BCUT2D eigenvalue weighted by Gasteiger charge is 2.20. The molecule has 1 rings (SSSR count). The van der Waals surface area contributed by atoms with Gasteiger partial charge in [-0.2, -0.15) is 0 Å². The van der Waals surface area contributed by atoms with Gasteiger partial charge in [-0.05, 0) is 0 Å². The fourth-order valence-electron chi connectivity index (χ4n) is 0.808. The zero-order valence-electron chi connectivity index (χ0n) is 7.61. The second kappa shape index (κ2) is 3.18. The maximum Gasteiger partial charge on any atom is 0.141 e. The number of hydrogen-bond donors (Lipinski definition) is 0.